The molecule has 502 valence electrons. The monoisotopic (exact) mass is 1300 g/mol. The van der Waals surface area contributed by atoms with Gasteiger partial charge in [0.05, 0.1) is 131 Å². The van der Waals surface area contributed by atoms with E-state index in [2.05, 4.69) is 191 Å². The van der Waals surface area contributed by atoms with Crippen LogP contribution in [0.25, 0.3) is 0 Å². The zero-order valence-corrected chi connectivity index (χ0v) is 55.8. The highest BCUT2D eigenvalue weighted by molar-refractivity contribution is 7.00. The third-order valence-electron chi connectivity index (χ3n) is 15.3. The van der Waals surface area contributed by atoms with Crippen molar-refractivity contribution in [3.63, 3.8) is 0 Å². The fourth-order valence-electron chi connectivity index (χ4n) is 10.8. The largest absolute Gasteiger partial charge is 0.534 e. The van der Waals surface area contributed by atoms with Gasteiger partial charge in [0, 0.05) is 0 Å². The molecule has 0 bridgehead atoms. The molecule has 8 rings (SSSR count). The lowest BCUT2D eigenvalue weighted by molar-refractivity contribution is 0.00359. The quantitative estimate of drug-likeness (QED) is 0.0218. The Morgan fingerprint density at radius 3 is 0.713 bits per heavy atom. The van der Waals surface area contributed by atoms with Crippen molar-refractivity contribution < 1.29 is 75.8 Å². The van der Waals surface area contributed by atoms with Gasteiger partial charge in [0.1, 0.15) is 67.5 Å². The van der Waals surface area contributed by atoms with Crippen molar-refractivity contribution in [1.82, 2.24) is 0 Å². The molecule has 0 spiro atoms. The molecule has 0 fully saturated rings. The standard InChI is InChI=1S/C77H94O16Si/c1-76(2,3)94(74-20-12-6-13-21-74,75-22-14-7-15-23-75)93-73-30-26-67(27-31-73)77(64-16-8-4-9-17-64,65-18-10-5-11-19-65)66-24-28-68(29-25-66)88-59-54-83-50-45-81-46-51-85-56-61-90-71-36-38-72(39-37-71)92-63-58-87-53-48-82-47-52-86-57-62-91-70-34-32-69(33-35-70)89-60-55-84-49-44-80-43-42-79-41-40-78/h4-39,78H,40-63H2,1-3H3. The first-order chi connectivity index (χ1) is 46.3. The summed E-state index contributed by atoms with van der Waals surface area (Å²) in [5, 5.41) is 11.0. The van der Waals surface area contributed by atoms with Gasteiger partial charge in [-0.1, -0.05) is 166 Å². The van der Waals surface area contributed by atoms with Crippen LogP contribution < -0.4 is 38.5 Å². The normalized spacial score (nSPS) is 11.7. The van der Waals surface area contributed by atoms with Crippen LogP contribution in [-0.2, 0) is 48.0 Å². The van der Waals surface area contributed by atoms with Crippen molar-refractivity contribution in [3.8, 4) is 34.5 Å². The van der Waals surface area contributed by atoms with Gasteiger partial charge in [-0.25, -0.2) is 0 Å². The molecular weight excluding hydrogens is 1210 g/mol. The Hall–Kier alpha value is -7.62. The lowest BCUT2D eigenvalue weighted by Crippen LogP contribution is -2.68. The van der Waals surface area contributed by atoms with Crippen molar-refractivity contribution >= 4 is 18.7 Å². The van der Waals surface area contributed by atoms with E-state index in [0.717, 1.165) is 56.8 Å². The molecule has 0 aliphatic carbocycles. The fourth-order valence-corrected chi connectivity index (χ4v) is 15.2. The van der Waals surface area contributed by atoms with Gasteiger partial charge < -0.3 is 75.8 Å². The highest BCUT2D eigenvalue weighted by atomic mass is 28.4. The lowest BCUT2D eigenvalue weighted by Gasteiger charge is -2.43. The van der Waals surface area contributed by atoms with E-state index in [-0.39, 0.29) is 11.6 Å². The Labute approximate surface area is 556 Å². The highest BCUT2D eigenvalue weighted by Crippen LogP contribution is 2.46. The van der Waals surface area contributed by atoms with Crippen molar-refractivity contribution in [2.45, 2.75) is 31.2 Å². The van der Waals surface area contributed by atoms with Crippen molar-refractivity contribution in [2.75, 3.05) is 159 Å². The van der Waals surface area contributed by atoms with Crippen LogP contribution in [0.3, 0.4) is 0 Å². The summed E-state index contributed by atoms with van der Waals surface area (Å²) in [6.45, 7) is 17.0. The molecule has 94 heavy (non-hydrogen) atoms. The van der Waals surface area contributed by atoms with Crippen molar-refractivity contribution in [3.05, 3.63) is 241 Å². The molecule has 0 saturated carbocycles. The smallest absolute Gasteiger partial charge is 0.319 e. The van der Waals surface area contributed by atoms with Gasteiger partial charge in [0.15, 0.2) is 0 Å². The minimum absolute atomic E-state index is 0.0118. The SMILES string of the molecule is CC(C)(C)[Si](Oc1ccc(C(c2ccccc2)(c2ccccc2)c2ccc(OCCOCCOCCOCCOc3ccc(OCCOCCOCCOCCOc4ccc(OCCOCCOCCOCCO)cc4)cc3)cc2)cc1)(c1ccccc1)c1ccccc1. The maximum Gasteiger partial charge on any atom is 0.319 e. The lowest BCUT2D eigenvalue weighted by atomic mass is 9.65. The summed E-state index contributed by atoms with van der Waals surface area (Å²) in [5.74, 6) is 4.53. The average molecular weight is 1300 g/mol. The highest BCUT2D eigenvalue weighted by Gasteiger charge is 2.52. The number of benzene rings is 8. The molecule has 8 aromatic carbocycles. The van der Waals surface area contributed by atoms with E-state index < -0.39 is 13.7 Å². The first-order valence-corrected chi connectivity index (χ1v) is 34.5. The maximum atomic E-state index is 8.68. The number of aliphatic hydroxyl groups excluding tert-OH is 1. The van der Waals surface area contributed by atoms with Crippen LogP contribution in [0.4, 0.5) is 0 Å². The minimum atomic E-state index is -2.86. The second-order valence-corrected chi connectivity index (χ2v) is 26.9. The number of hydrogen-bond acceptors (Lipinski definition) is 16. The van der Waals surface area contributed by atoms with Gasteiger partial charge in [-0.2, -0.15) is 0 Å². The van der Waals surface area contributed by atoms with Crippen molar-refractivity contribution in [2.24, 2.45) is 0 Å². The summed E-state index contributed by atoms with van der Waals surface area (Å²) in [5.41, 5.74) is 3.89. The van der Waals surface area contributed by atoms with Crippen LogP contribution in [0, 0.1) is 0 Å². The summed E-state index contributed by atoms with van der Waals surface area (Å²) >= 11 is 0. The third-order valence-corrected chi connectivity index (χ3v) is 20.2. The zero-order valence-electron chi connectivity index (χ0n) is 54.8. The zero-order chi connectivity index (χ0) is 65.5. The van der Waals surface area contributed by atoms with Gasteiger partial charge >= 0.3 is 8.32 Å². The van der Waals surface area contributed by atoms with E-state index in [4.69, 9.17) is 75.8 Å². The summed E-state index contributed by atoms with van der Waals surface area (Å²) in [4.78, 5) is 0. The minimum Gasteiger partial charge on any atom is -0.534 e. The second kappa shape index (κ2) is 41.3. The fraction of sp³-hybridized carbons (Fsp3) is 0.377. The van der Waals surface area contributed by atoms with Crippen LogP contribution >= 0.6 is 0 Å². The molecule has 0 aliphatic rings. The molecule has 0 amide bonds. The van der Waals surface area contributed by atoms with E-state index in [1.807, 2.05) is 48.5 Å². The van der Waals surface area contributed by atoms with E-state index in [1.165, 1.54) is 10.4 Å². The van der Waals surface area contributed by atoms with Gasteiger partial charge in [-0.05, 0) is 110 Å². The van der Waals surface area contributed by atoms with Crippen molar-refractivity contribution in [1.29, 1.82) is 0 Å². The molecule has 1 N–H and O–H groups in total. The Balaban J connectivity index is 0.640. The molecule has 0 atom stereocenters. The Morgan fingerprint density at radius 2 is 0.457 bits per heavy atom. The summed E-state index contributed by atoms with van der Waals surface area (Å²) in [7, 11) is -2.86. The first kappa shape index (κ1) is 72.2. The van der Waals surface area contributed by atoms with Gasteiger partial charge in [0.2, 0.25) is 0 Å². The number of rotatable bonds is 48. The Bertz CT molecular complexity index is 3130. The van der Waals surface area contributed by atoms with Crippen LogP contribution in [0.5, 0.6) is 34.5 Å². The van der Waals surface area contributed by atoms with Gasteiger partial charge in [0.25, 0.3) is 0 Å². The van der Waals surface area contributed by atoms with Gasteiger partial charge in [-0.3, -0.25) is 0 Å². The average Bonchev–Trinajstić information content (AvgIpc) is 0.743. The molecule has 0 saturated heterocycles. The Kier molecular flexibility index (Phi) is 31.7. The van der Waals surface area contributed by atoms with Crippen LogP contribution in [0.1, 0.15) is 43.0 Å². The maximum absolute atomic E-state index is 8.68. The molecule has 0 radical (unpaired) electrons. The molecule has 17 heteroatoms. The summed E-state index contributed by atoms with van der Waals surface area (Å²) < 4.78 is 87.0. The molecule has 0 aromatic heterocycles. The molecular formula is C77H94O16Si. The topological polar surface area (TPSA) is 159 Å². The summed E-state index contributed by atoms with van der Waals surface area (Å²) in [6, 6.07) is 75.2. The van der Waals surface area contributed by atoms with Crippen LogP contribution in [0.15, 0.2) is 218 Å². The molecule has 0 heterocycles. The van der Waals surface area contributed by atoms with E-state index in [9.17, 15) is 0 Å². The molecule has 0 aliphatic heterocycles. The van der Waals surface area contributed by atoms with E-state index in [1.54, 1.807) is 0 Å². The predicted molar refractivity (Wildman–Crippen MR) is 368 cm³/mol. The Morgan fingerprint density at radius 1 is 0.245 bits per heavy atom. The number of ether oxygens (including phenoxy) is 14. The van der Waals surface area contributed by atoms with Gasteiger partial charge in [-0.15, -0.1) is 0 Å². The second-order valence-electron chi connectivity index (χ2n) is 22.7. The molecule has 0 unspecified atom stereocenters. The predicted octanol–water partition coefficient (Wildman–Crippen LogP) is 11.4. The molecule has 16 nitrogen and oxygen atoms in total. The first-order valence-electron chi connectivity index (χ1n) is 32.6. The van der Waals surface area contributed by atoms with Crippen LogP contribution in [0.2, 0.25) is 5.04 Å². The number of hydrogen-bond donors (Lipinski definition) is 1. The number of aliphatic hydroxyl groups is 1. The molecule has 8 aromatic rings. The summed E-state index contributed by atoms with van der Waals surface area (Å²) in [6.07, 6.45) is 0. The van der Waals surface area contributed by atoms with E-state index in [0.29, 0.717) is 152 Å². The third kappa shape index (κ3) is 23.1. The van der Waals surface area contributed by atoms with Crippen LogP contribution in [-0.4, -0.2) is 172 Å². The van der Waals surface area contributed by atoms with E-state index >= 15 is 0 Å².